The molecular weight excluding hydrogens is 294 g/mol. The fraction of sp³-hybridized carbons (Fsp3) is 0.619. The monoisotopic (exact) mass is 327 g/mol. The van der Waals surface area contributed by atoms with E-state index in [1.165, 1.54) is 60.9 Å². The summed E-state index contributed by atoms with van der Waals surface area (Å²) >= 11 is 0. The van der Waals surface area contributed by atoms with Gasteiger partial charge in [-0.25, -0.2) is 0 Å². The molecule has 24 heavy (non-hydrogen) atoms. The molecule has 0 amide bonds. The van der Waals surface area contributed by atoms with Gasteiger partial charge in [-0.1, -0.05) is 26.8 Å². The Kier molecular flexibility index (Phi) is 5.96. The van der Waals surface area contributed by atoms with Crippen molar-refractivity contribution < 1.29 is 0 Å². The van der Waals surface area contributed by atoms with Crippen LogP contribution in [0.15, 0.2) is 24.4 Å². The minimum atomic E-state index is 0.595. The van der Waals surface area contributed by atoms with E-state index >= 15 is 0 Å². The van der Waals surface area contributed by atoms with Gasteiger partial charge in [-0.3, -0.25) is 0 Å². The summed E-state index contributed by atoms with van der Waals surface area (Å²) in [5.74, 6) is 0.595. The third-order valence-electron chi connectivity index (χ3n) is 5.25. The van der Waals surface area contributed by atoms with Crippen LogP contribution in [0.4, 0.5) is 0 Å². The van der Waals surface area contributed by atoms with Gasteiger partial charge in [0, 0.05) is 49.8 Å². The second-order valence-corrected chi connectivity index (χ2v) is 7.47. The zero-order valence-electron chi connectivity index (χ0n) is 15.6. The van der Waals surface area contributed by atoms with E-state index in [1.807, 2.05) is 0 Å². The van der Waals surface area contributed by atoms with Gasteiger partial charge in [-0.2, -0.15) is 0 Å². The summed E-state index contributed by atoms with van der Waals surface area (Å²) in [6.45, 7) is 13.9. The molecule has 1 N–H and O–H groups in total. The lowest BCUT2D eigenvalue weighted by atomic mass is 9.99. The van der Waals surface area contributed by atoms with Gasteiger partial charge >= 0.3 is 0 Å². The summed E-state index contributed by atoms with van der Waals surface area (Å²) < 4.78 is 2.46. The number of rotatable bonds is 7. The first-order chi connectivity index (χ1) is 11.7. The maximum absolute atomic E-state index is 3.44. The van der Waals surface area contributed by atoms with Gasteiger partial charge in [0.15, 0.2) is 0 Å². The first-order valence-corrected chi connectivity index (χ1v) is 9.73. The minimum absolute atomic E-state index is 0.595. The molecule has 3 heteroatoms. The Bertz CT molecular complexity index is 650. The van der Waals surface area contributed by atoms with Crippen LogP contribution in [0.3, 0.4) is 0 Å². The average molecular weight is 328 g/mol. The third kappa shape index (κ3) is 4.01. The van der Waals surface area contributed by atoms with E-state index in [0.717, 1.165) is 19.6 Å². The van der Waals surface area contributed by atoms with Crippen LogP contribution in [-0.2, 0) is 13.0 Å². The van der Waals surface area contributed by atoms with Gasteiger partial charge in [0.25, 0.3) is 0 Å². The summed E-state index contributed by atoms with van der Waals surface area (Å²) in [6.07, 6.45) is 6.06. The Morgan fingerprint density at radius 3 is 2.62 bits per heavy atom. The van der Waals surface area contributed by atoms with Gasteiger partial charge in [0.05, 0.1) is 0 Å². The average Bonchev–Trinajstić information content (AvgIpc) is 2.93. The molecule has 1 fully saturated rings. The Morgan fingerprint density at radius 1 is 1.12 bits per heavy atom. The number of piperazine rings is 1. The molecule has 0 saturated carbocycles. The Balaban J connectivity index is 1.75. The SMILES string of the molecule is CCCn1cc(CCCN2CCNCC2)c2cc(C(C)C)ccc21. The van der Waals surface area contributed by atoms with Crippen LogP contribution in [-0.4, -0.2) is 42.2 Å². The van der Waals surface area contributed by atoms with E-state index in [2.05, 4.69) is 60.0 Å². The molecule has 0 bridgehead atoms. The van der Waals surface area contributed by atoms with Gasteiger partial charge in [0.1, 0.15) is 0 Å². The zero-order chi connectivity index (χ0) is 16.9. The van der Waals surface area contributed by atoms with Crippen LogP contribution in [0.2, 0.25) is 0 Å². The smallest absolute Gasteiger partial charge is 0.0483 e. The maximum Gasteiger partial charge on any atom is 0.0483 e. The number of aromatic nitrogens is 1. The number of nitrogens with zero attached hydrogens (tertiary/aromatic N) is 2. The number of hydrogen-bond donors (Lipinski definition) is 1. The van der Waals surface area contributed by atoms with Crippen molar-refractivity contribution in [2.24, 2.45) is 0 Å². The fourth-order valence-electron chi connectivity index (χ4n) is 3.80. The van der Waals surface area contributed by atoms with Crippen molar-refractivity contribution in [2.45, 2.75) is 52.5 Å². The Labute approximate surface area is 147 Å². The molecule has 0 atom stereocenters. The van der Waals surface area contributed by atoms with Crippen LogP contribution in [0.25, 0.3) is 10.9 Å². The summed E-state index contributed by atoms with van der Waals surface area (Å²) in [6, 6.07) is 7.08. The predicted molar refractivity (Wildman–Crippen MR) is 104 cm³/mol. The predicted octanol–water partition coefficient (Wildman–Crippen LogP) is 4.01. The van der Waals surface area contributed by atoms with Gasteiger partial charge in [-0.05, 0) is 55.0 Å². The zero-order valence-corrected chi connectivity index (χ0v) is 15.6. The number of fused-ring (bicyclic) bond motifs is 1. The first kappa shape index (κ1) is 17.5. The van der Waals surface area contributed by atoms with E-state index < -0.39 is 0 Å². The van der Waals surface area contributed by atoms with Crippen LogP contribution in [0, 0.1) is 0 Å². The number of aryl methyl sites for hydroxylation is 2. The molecule has 0 unspecified atom stereocenters. The van der Waals surface area contributed by atoms with Crippen molar-refractivity contribution in [1.29, 1.82) is 0 Å². The molecule has 1 saturated heterocycles. The fourth-order valence-corrected chi connectivity index (χ4v) is 3.80. The Morgan fingerprint density at radius 2 is 1.92 bits per heavy atom. The van der Waals surface area contributed by atoms with Gasteiger partial charge in [-0.15, -0.1) is 0 Å². The van der Waals surface area contributed by atoms with Gasteiger partial charge < -0.3 is 14.8 Å². The second kappa shape index (κ2) is 8.17. The molecule has 1 aliphatic rings. The molecule has 3 nitrogen and oxygen atoms in total. The summed E-state index contributed by atoms with van der Waals surface area (Å²) in [5, 5.41) is 4.92. The minimum Gasteiger partial charge on any atom is -0.347 e. The van der Waals surface area contributed by atoms with E-state index in [-0.39, 0.29) is 0 Å². The molecule has 1 aliphatic heterocycles. The van der Waals surface area contributed by atoms with Crippen LogP contribution >= 0.6 is 0 Å². The van der Waals surface area contributed by atoms with E-state index in [4.69, 9.17) is 0 Å². The lowest BCUT2D eigenvalue weighted by Crippen LogP contribution is -2.43. The molecule has 0 aliphatic carbocycles. The Hall–Kier alpha value is -1.32. The lowest BCUT2D eigenvalue weighted by molar-refractivity contribution is 0.238. The molecular formula is C21H33N3. The molecule has 0 radical (unpaired) electrons. The highest BCUT2D eigenvalue weighted by atomic mass is 15.2. The van der Waals surface area contributed by atoms with Crippen LogP contribution in [0.5, 0.6) is 0 Å². The summed E-state index contributed by atoms with van der Waals surface area (Å²) in [7, 11) is 0. The molecule has 132 valence electrons. The largest absolute Gasteiger partial charge is 0.347 e. The standard InChI is InChI=1S/C21H33N3/c1-4-11-24-16-19(6-5-12-23-13-9-22-10-14-23)20-15-18(17(2)3)7-8-21(20)24/h7-8,15-17,22H,4-6,9-14H2,1-3H3. The van der Waals surface area contributed by atoms with Crippen molar-refractivity contribution in [2.75, 3.05) is 32.7 Å². The maximum atomic E-state index is 3.44. The van der Waals surface area contributed by atoms with E-state index in [1.54, 1.807) is 0 Å². The summed E-state index contributed by atoms with van der Waals surface area (Å²) in [4.78, 5) is 2.60. The molecule has 0 spiro atoms. The van der Waals surface area contributed by atoms with Crippen LogP contribution in [0.1, 0.15) is 50.7 Å². The number of hydrogen-bond acceptors (Lipinski definition) is 2. The van der Waals surface area contributed by atoms with Crippen molar-refractivity contribution in [3.05, 3.63) is 35.5 Å². The molecule has 1 aromatic heterocycles. The van der Waals surface area contributed by atoms with Crippen molar-refractivity contribution >= 4 is 10.9 Å². The van der Waals surface area contributed by atoms with Crippen molar-refractivity contribution in [3.8, 4) is 0 Å². The molecule has 2 heterocycles. The quantitative estimate of drug-likeness (QED) is 0.829. The highest BCUT2D eigenvalue weighted by Gasteiger charge is 2.12. The molecule has 3 rings (SSSR count). The summed E-state index contributed by atoms with van der Waals surface area (Å²) in [5.41, 5.74) is 4.41. The first-order valence-electron chi connectivity index (χ1n) is 9.73. The van der Waals surface area contributed by atoms with Crippen molar-refractivity contribution in [1.82, 2.24) is 14.8 Å². The lowest BCUT2D eigenvalue weighted by Gasteiger charge is -2.27. The van der Waals surface area contributed by atoms with E-state index in [0.29, 0.717) is 5.92 Å². The van der Waals surface area contributed by atoms with Gasteiger partial charge in [0.2, 0.25) is 0 Å². The molecule has 2 aromatic rings. The second-order valence-electron chi connectivity index (χ2n) is 7.47. The van der Waals surface area contributed by atoms with Crippen molar-refractivity contribution in [3.63, 3.8) is 0 Å². The number of nitrogens with one attached hydrogen (secondary N) is 1. The topological polar surface area (TPSA) is 20.2 Å². The highest BCUT2D eigenvalue weighted by Crippen LogP contribution is 2.27. The van der Waals surface area contributed by atoms with Crippen LogP contribution < -0.4 is 5.32 Å². The third-order valence-corrected chi connectivity index (χ3v) is 5.25. The molecule has 1 aromatic carbocycles. The normalized spacial score (nSPS) is 16.3. The highest BCUT2D eigenvalue weighted by molar-refractivity contribution is 5.85. The van der Waals surface area contributed by atoms with E-state index in [9.17, 15) is 0 Å². The number of benzene rings is 1.